The van der Waals surface area contributed by atoms with Crippen molar-refractivity contribution in [1.29, 1.82) is 0 Å². The molecule has 1 rings (SSSR count). The van der Waals surface area contributed by atoms with E-state index >= 15 is 0 Å². The molecule has 1 N–H and O–H groups in total. The number of carbonyl (C=O) groups excluding carboxylic acids is 2. The molecule has 0 aliphatic heterocycles. The van der Waals surface area contributed by atoms with Gasteiger partial charge in [0.25, 0.3) is 0 Å². The Balaban J connectivity index is 1.88. The van der Waals surface area contributed by atoms with Crippen molar-refractivity contribution in [3.05, 3.63) is 29.8 Å². The van der Waals surface area contributed by atoms with E-state index in [1.807, 2.05) is 12.1 Å². The highest BCUT2D eigenvalue weighted by molar-refractivity contribution is 5.89. The SMILES string of the molecule is CCCCCCCCCCCCCCCC(=O)OCCOCCOC(=O)c1ccc(NCCCC)cc1. The molecule has 0 saturated carbocycles. The van der Waals surface area contributed by atoms with E-state index in [0.29, 0.717) is 18.6 Å². The number of unbranched alkanes of at least 4 members (excludes halogenated alkanes) is 13. The number of carbonyl (C=O) groups is 2. The fraction of sp³-hybridized carbons (Fsp3) is 0.742. The standard InChI is InChI=1S/C31H53NO5/c1-3-5-7-8-9-10-11-12-13-14-15-16-17-18-30(33)36-26-24-35-25-27-37-31(34)28-19-21-29(22-20-28)32-23-6-4-2/h19-22,32H,3-18,23-27H2,1-2H3. The van der Waals surface area contributed by atoms with Crippen LogP contribution in [-0.4, -0.2) is 44.9 Å². The summed E-state index contributed by atoms with van der Waals surface area (Å²) in [6.07, 6.45) is 19.5. The largest absolute Gasteiger partial charge is 0.463 e. The van der Waals surface area contributed by atoms with Crippen LogP contribution in [-0.2, 0) is 19.0 Å². The summed E-state index contributed by atoms with van der Waals surface area (Å²) in [5, 5.41) is 3.32. The molecule has 6 heteroatoms. The van der Waals surface area contributed by atoms with Crippen LogP contribution in [0.25, 0.3) is 0 Å². The van der Waals surface area contributed by atoms with Crippen molar-refractivity contribution >= 4 is 17.6 Å². The zero-order valence-corrected chi connectivity index (χ0v) is 23.7. The van der Waals surface area contributed by atoms with E-state index in [9.17, 15) is 9.59 Å². The highest BCUT2D eigenvalue weighted by atomic mass is 16.6. The number of hydrogen-bond acceptors (Lipinski definition) is 6. The zero-order valence-electron chi connectivity index (χ0n) is 23.7. The molecule has 37 heavy (non-hydrogen) atoms. The van der Waals surface area contributed by atoms with Crippen molar-refractivity contribution in [2.45, 2.75) is 117 Å². The smallest absolute Gasteiger partial charge is 0.338 e. The Kier molecular flexibility index (Phi) is 21.6. The molecule has 0 atom stereocenters. The predicted octanol–water partition coefficient (Wildman–Crippen LogP) is 8.10. The van der Waals surface area contributed by atoms with Crippen LogP contribution < -0.4 is 5.32 Å². The Hall–Kier alpha value is -2.08. The third-order valence-electron chi connectivity index (χ3n) is 6.42. The summed E-state index contributed by atoms with van der Waals surface area (Å²) in [7, 11) is 0. The molecule has 0 bridgehead atoms. The van der Waals surface area contributed by atoms with E-state index in [0.717, 1.165) is 37.9 Å². The van der Waals surface area contributed by atoms with E-state index in [1.165, 1.54) is 70.6 Å². The Morgan fingerprint density at radius 1 is 0.622 bits per heavy atom. The highest BCUT2D eigenvalue weighted by Crippen LogP contribution is 2.13. The van der Waals surface area contributed by atoms with Gasteiger partial charge in [0.15, 0.2) is 0 Å². The molecule has 1 aromatic carbocycles. The first kappa shape index (κ1) is 32.9. The van der Waals surface area contributed by atoms with Gasteiger partial charge in [-0.3, -0.25) is 4.79 Å². The maximum Gasteiger partial charge on any atom is 0.338 e. The molecule has 0 fully saturated rings. The lowest BCUT2D eigenvalue weighted by Gasteiger charge is -2.08. The quantitative estimate of drug-likeness (QED) is 0.104. The van der Waals surface area contributed by atoms with E-state index in [2.05, 4.69) is 19.2 Å². The molecule has 0 heterocycles. The number of anilines is 1. The number of esters is 2. The molecule has 1 aromatic rings. The number of ether oxygens (including phenoxy) is 3. The minimum Gasteiger partial charge on any atom is -0.463 e. The van der Waals surface area contributed by atoms with Gasteiger partial charge in [-0.25, -0.2) is 4.79 Å². The summed E-state index contributed by atoms with van der Waals surface area (Å²) in [6, 6.07) is 7.28. The number of hydrogen-bond donors (Lipinski definition) is 1. The Labute approximate surface area is 226 Å². The van der Waals surface area contributed by atoms with Crippen molar-refractivity contribution in [1.82, 2.24) is 0 Å². The Bertz CT molecular complexity index is 677. The Morgan fingerprint density at radius 2 is 1.14 bits per heavy atom. The van der Waals surface area contributed by atoms with Gasteiger partial charge in [-0.05, 0) is 37.1 Å². The van der Waals surface area contributed by atoms with Gasteiger partial charge in [0.1, 0.15) is 13.2 Å². The summed E-state index contributed by atoms with van der Waals surface area (Å²) in [5.41, 5.74) is 1.51. The first-order chi connectivity index (χ1) is 18.2. The lowest BCUT2D eigenvalue weighted by atomic mass is 10.0. The maximum atomic E-state index is 12.1. The van der Waals surface area contributed by atoms with Crippen LogP contribution in [0.4, 0.5) is 5.69 Å². The summed E-state index contributed by atoms with van der Waals surface area (Å²) >= 11 is 0. The fourth-order valence-electron chi connectivity index (χ4n) is 4.09. The van der Waals surface area contributed by atoms with Gasteiger partial charge >= 0.3 is 11.9 Å². The average molecular weight is 520 g/mol. The second-order valence-electron chi connectivity index (χ2n) is 9.82. The van der Waals surface area contributed by atoms with Crippen molar-refractivity contribution < 1.29 is 23.8 Å². The summed E-state index contributed by atoms with van der Waals surface area (Å²) in [4.78, 5) is 23.9. The van der Waals surface area contributed by atoms with Gasteiger partial charge in [-0.15, -0.1) is 0 Å². The lowest BCUT2D eigenvalue weighted by Crippen LogP contribution is -2.14. The van der Waals surface area contributed by atoms with E-state index in [4.69, 9.17) is 14.2 Å². The summed E-state index contributed by atoms with van der Waals surface area (Å²) in [6.45, 7) is 6.32. The van der Waals surface area contributed by atoms with Gasteiger partial charge in [0.05, 0.1) is 18.8 Å². The zero-order chi connectivity index (χ0) is 26.8. The Morgan fingerprint density at radius 3 is 1.70 bits per heavy atom. The molecule has 0 unspecified atom stereocenters. The van der Waals surface area contributed by atoms with Gasteiger partial charge in [-0.1, -0.05) is 97.3 Å². The third-order valence-corrected chi connectivity index (χ3v) is 6.42. The minimum atomic E-state index is -0.368. The molecule has 6 nitrogen and oxygen atoms in total. The summed E-state index contributed by atoms with van der Waals surface area (Å²) < 4.78 is 15.8. The summed E-state index contributed by atoms with van der Waals surface area (Å²) in [5.74, 6) is -0.529. The lowest BCUT2D eigenvalue weighted by molar-refractivity contribution is -0.145. The monoisotopic (exact) mass is 519 g/mol. The molecule has 0 aliphatic rings. The molecule has 0 radical (unpaired) electrons. The van der Waals surface area contributed by atoms with Crippen molar-refractivity contribution in [2.24, 2.45) is 0 Å². The molecule has 0 spiro atoms. The van der Waals surface area contributed by atoms with Gasteiger partial charge in [0.2, 0.25) is 0 Å². The fourth-order valence-corrected chi connectivity index (χ4v) is 4.09. The topological polar surface area (TPSA) is 73.9 Å². The first-order valence-corrected chi connectivity index (χ1v) is 14.9. The van der Waals surface area contributed by atoms with E-state index in [1.54, 1.807) is 12.1 Å². The number of benzene rings is 1. The maximum absolute atomic E-state index is 12.1. The molecular weight excluding hydrogens is 466 g/mol. The second-order valence-corrected chi connectivity index (χ2v) is 9.82. The van der Waals surface area contributed by atoms with Gasteiger partial charge < -0.3 is 19.5 Å². The molecule has 0 aromatic heterocycles. The highest BCUT2D eigenvalue weighted by Gasteiger charge is 2.07. The molecular formula is C31H53NO5. The molecule has 212 valence electrons. The van der Waals surface area contributed by atoms with Crippen molar-refractivity contribution in [3.63, 3.8) is 0 Å². The normalized spacial score (nSPS) is 10.9. The van der Waals surface area contributed by atoms with Crippen LogP contribution in [0, 0.1) is 0 Å². The minimum absolute atomic E-state index is 0.161. The van der Waals surface area contributed by atoms with Crippen molar-refractivity contribution in [3.8, 4) is 0 Å². The van der Waals surface area contributed by atoms with Crippen LogP contribution in [0.15, 0.2) is 24.3 Å². The number of rotatable bonds is 25. The second kappa shape index (κ2) is 24.3. The van der Waals surface area contributed by atoms with Gasteiger partial charge in [0, 0.05) is 18.7 Å². The number of nitrogens with one attached hydrogen (secondary N) is 1. The van der Waals surface area contributed by atoms with Crippen LogP contribution in [0.3, 0.4) is 0 Å². The van der Waals surface area contributed by atoms with E-state index in [-0.39, 0.29) is 31.8 Å². The third kappa shape index (κ3) is 19.7. The predicted molar refractivity (Wildman–Crippen MR) is 152 cm³/mol. The average Bonchev–Trinajstić information content (AvgIpc) is 2.91. The molecule has 0 aliphatic carbocycles. The molecule has 0 saturated heterocycles. The van der Waals surface area contributed by atoms with Crippen molar-refractivity contribution in [2.75, 3.05) is 38.3 Å². The first-order valence-electron chi connectivity index (χ1n) is 14.9. The van der Waals surface area contributed by atoms with E-state index < -0.39 is 0 Å². The van der Waals surface area contributed by atoms with Crippen LogP contribution in [0.5, 0.6) is 0 Å². The van der Waals surface area contributed by atoms with Crippen LogP contribution >= 0.6 is 0 Å². The van der Waals surface area contributed by atoms with Gasteiger partial charge in [-0.2, -0.15) is 0 Å². The van der Waals surface area contributed by atoms with Crippen LogP contribution in [0.1, 0.15) is 127 Å². The molecule has 0 amide bonds. The van der Waals surface area contributed by atoms with Crippen LogP contribution in [0.2, 0.25) is 0 Å².